The predicted molar refractivity (Wildman–Crippen MR) is 54.0 cm³/mol. The van der Waals surface area contributed by atoms with Crippen LogP contribution in [0.4, 0.5) is 13.2 Å². The molecule has 1 unspecified atom stereocenters. The minimum absolute atomic E-state index is 0.326. The molecule has 0 amide bonds. The highest BCUT2D eigenvalue weighted by Gasteiger charge is 2.31. The molecule has 0 bridgehead atoms. The summed E-state index contributed by atoms with van der Waals surface area (Å²) in [5, 5.41) is 0.326. The van der Waals surface area contributed by atoms with E-state index < -0.39 is 20.1 Å². The Hall–Kier alpha value is -0.890. The summed E-state index contributed by atoms with van der Waals surface area (Å²) in [6, 6.07) is 6.55. The Morgan fingerprint density at radius 1 is 1.27 bits per heavy atom. The molecule has 0 saturated carbocycles. The van der Waals surface area contributed by atoms with Gasteiger partial charge in [0.25, 0.3) is 0 Å². The van der Waals surface area contributed by atoms with Gasteiger partial charge in [-0.05, 0) is 18.1 Å². The van der Waals surface area contributed by atoms with E-state index in [1.54, 1.807) is 18.2 Å². The van der Waals surface area contributed by atoms with Gasteiger partial charge in [0.1, 0.15) is 14.0 Å². The maximum absolute atomic E-state index is 12.0. The molecule has 1 aromatic carbocycles. The van der Waals surface area contributed by atoms with E-state index in [0.717, 1.165) is 5.56 Å². The zero-order valence-electron chi connectivity index (χ0n) is 8.21. The van der Waals surface area contributed by atoms with Crippen LogP contribution in [-0.4, -0.2) is 12.3 Å². The van der Waals surface area contributed by atoms with Crippen LogP contribution in [0.3, 0.4) is 0 Å². The molecule has 5 heteroatoms. The monoisotopic (exact) mass is 235 g/mol. The molecule has 15 heavy (non-hydrogen) atoms. The van der Waals surface area contributed by atoms with Crippen molar-refractivity contribution in [3.8, 4) is 0 Å². The third-order valence-electron chi connectivity index (χ3n) is 1.96. The summed E-state index contributed by atoms with van der Waals surface area (Å²) in [7, 11) is -2.37. The lowest BCUT2D eigenvalue weighted by Gasteiger charge is -2.08. The van der Waals surface area contributed by atoms with Crippen LogP contribution in [0.5, 0.6) is 0 Å². The zero-order chi connectivity index (χ0) is 11.5. The topological polar surface area (TPSA) is 17.1 Å². The lowest BCUT2D eigenvalue weighted by atomic mass is 10.2. The fraction of sp³-hybridized carbons (Fsp3) is 0.400. The minimum Gasteiger partial charge on any atom is -0.282 e. The summed E-state index contributed by atoms with van der Waals surface area (Å²) in [5.74, 6) is 0. The number of halogens is 3. The Kier molecular flexibility index (Phi) is 3.86. The zero-order valence-corrected chi connectivity index (χ0v) is 9.11. The second-order valence-electron chi connectivity index (χ2n) is 3.13. The molecule has 0 saturated heterocycles. The average molecular weight is 235 g/mol. The van der Waals surface area contributed by atoms with E-state index in [9.17, 15) is 17.7 Å². The summed E-state index contributed by atoms with van der Waals surface area (Å²) in [6.45, 7) is 1.83. The van der Waals surface area contributed by atoms with Gasteiger partial charge in [-0.1, -0.05) is 25.1 Å². The second-order valence-corrected chi connectivity index (χ2v) is 4.69. The van der Waals surface area contributed by atoms with Crippen molar-refractivity contribution in [3.63, 3.8) is 0 Å². The number of benzene rings is 1. The van der Waals surface area contributed by atoms with E-state index in [1.165, 1.54) is 6.07 Å². The van der Waals surface area contributed by atoms with Crippen LogP contribution >= 0.6 is 7.80 Å². The van der Waals surface area contributed by atoms with E-state index in [1.807, 2.05) is 6.92 Å². The van der Waals surface area contributed by atoms with Crippen molar-refractivity contribution in [2.45, 2.75) is 19.5 Å². The standard InChI is InChI=1S/C10H11F3OP/c1-2-8-5-3-4-6-9(8)15(14)7-10(11,12)13/h3-6H,2,7H2,1H3. The molecular formula is C10H11F3OP. The Labute approximate surface area is 87.1 Å². The normalized spacial score (nSPS) is 12.7. The van der Waals surface area contributed by atoms with Crippen LogP contribution in [0.25, 0.3) is 0 Å². The molecule has 1 aromatic rings. The number of aryl methyl sites for hydroxylation is 1. The molecule has 1 atom stereocenters. The van der Waals surface area contributed by atoms with Gasteiger partial charge in [0, 0.05) is 5.30 Å². The van der Waals surface area contributed by atoms with Gasteiger partial charge in [0.2, 0.25) is 0 Å². The maximum Gasteiger partial charge on any atom is 0.399 e. The van der Waals surface area contributed by atoms with E-state index >= 15 is 0 Å². The Morgan fingerprint density at radius 3 is 2.40 bits per heavy atom. The summed E-state index contributed by atoms with van der Waals surface area (Å²) in [5.41, 5.74) is 0.725. The number of rotatable bonds is 3. The smallest absolute Gasteiger partial charge is 0.282 e. The highest BCUT2D eigenvalue weighted by atomic mass is 31.1. The van der Waals surface area contributed by atoms with Gasteiger partial charge in [0.15, 0.2) is 0 Å². The molecule has 0 heterocycles. The van der Waals surface area contributed by atoms with Crippen LogP contribution in [0, 0.1) is 0 Å². The first-order valence-corrected chi connectivity index (χ1v) is 5.98. The van der Waals surface area contributed by atoms with E-state index in [-0.39, 0.29) is 0 Å². The van der Waals surface area contributed by atoms with Crippen LogP contribution in [0.15, 0.2) is 24.3 Å². The molecule has 1 radical (unpaired) electrons. The average Bonchev–Trinajstić information content (AvgIpc) is 2.15. The van der Waals surface area contributed by atoms with Gasteiger partial charge in [-0.3, -0.25) is 4.57 Å². The van der Waals surface area contributed by atoms with E-state index in [4.69, 9.17) is 0 Å². The maximum atomic E-state index is 12.0. The van der Waals surface area contributed by atoms with Crippen molar-refractivity contribution >= 4 is 13.1 Å². The van der Waals surface area contributed by atoms with Crippen molar-refractivity contribution in [3.05, 3.63) is 29.8 Å². The van der Waals surface area contributed by atoms with E-state index in [2.05, 4.69) is 0 Å². The number of alkyl halides is 3. The fourth-order valence-electron chi connectivity index (χ4n) is 1.30. The number of hydrogen-bond acceptors (Lipinski definition) is 1. The van der Waals surface area contributed by atoms with Crippen molar-refractivity contribution < 1.29 is 17.7 Å². The molecule has 0 N–H and O–H groups in total. The third-order valence-corrected chi connectivity index (χ3v) is 3.58. The minimum atomic E-state index is -4.37. The van der Waals surface area contributed by atoms with Gasteiger partial charge in [0.05, 0.1) is 0 Å². The predicted octanol–water partition coefficient (Wildman–Crippen LogP) is 3.26. The Balaban J connectivity index is 2.91. The van der Waals surface area contributed by atoms with Crippen LogP contribution < -0.4 is 5.30 Å². The van der Waals surface area contributed by atoms with Gasteiger partial charge >= 0.3 is 6.18 Å². The molecule has 0 aromatic heterocycles. The second kappa shape index (κ2) is 4.75. The van der Waals surface area contributed by atoms with Crippen LogP contribution in [0.1, 0.15) is 12.5 Å². The van der Waals surface area contributed by atoms with Gasteiger partial charge in [-0.2, -0.15) is 13.2 Å². The number of hydrogen-bond donors (Lipinski definition) is 0. The quantitative estimate of drug-likeness (QED) is 0.735. The largest absolute Gasteiger partial charge is 0.399 e. The van der Waals surface area contributed by atoms with Crippen LogP contribution in [-0.2, 0) is 11.0 Å². The molecule has 83 valence electrons. The molecule has 0 aliphatic heterocycles. The third kappa shape index (κ3) is 3.63. The van der Waals surface area contributed by atoms with Crippen molar-refractivity contribution in [1.29, 1.82) is 0 Å². The lowest BCUT2D eigenvalue weighted by Crippen LogP contribution is -2.16. The summed E-state index contributed by atoms with van der Waals surface area (Å²) in [4.78, 5) is 0. The van der Waals surface area contributed by atoms with Crippen molar-refractivity contribution in [2.75, 3.05) is 6.16 Å². The van der Waals surface area contributed by atoms with Crippen molar-refractivity contribution in [2.24, 2.45) is 0 Å². The molecule has 0 spiro atoms. The van der Waals surface area contributed by atoms with Crippen molar-refractivity contribution in [1.82, 2.24) is 0 Å². The molecule has 0 aliphatic rings. The molecule has 1 rings (SSSR count). The molecule has 0 fully saturated rings. The first-order chi connectivity index (χ1) is 6.94. The Morgan fingerprint density at radius 2 is 1.87 bits per heavy atom. The molecule has 0 aliphatic carbocycles. The highest BCUT2D eigenvalue weighted by Crippen LogP contribution is 2.31. The fourth-order valence-corrected chi connectivity index (χ4v) is 2.60. The van der Waals surface area contributed by atoms with Gasteiger partial charge in [-0.15, -0.1) is 0 Å². The SMILES string of the molecule is CCc1ccccc1[P](=O)CC(F)(F)F. The first kappa shape index (κ1) is 12.2. The summed E-state index contributed by atoms with van der Waals surface area (Å²) < 4.78 is 47.6. The molecule has 1 nitrogen and oxygen atoms in total. The highest BCUT2D eigenvalue weighted by molar-refractivity contribution is 7.53. The molecular weight excluding hydrogens is 224 g/mol. The lowest BCUT2D eigenvalue weighted by molar-refractivity contribution is -0.106. The van der Waals surface area contributed by atoms with Gasteiger partial charge < -0.3 is 0 Å². The Bertz CT molecular complexity index is 360. The summed E-state index contributed by atoms with van der Waals surface area (Å²) >= 11 is 0. The summed E-state index contributed by atoms with van der Waals surface area (Å²) in [6.07, 6.45) is -5.01. The van der Waals surface area contributed by atoms with E-state index in [0.29, 0.717) is 11.7 Å². The van der Waals surface area contributed by atoms with Crippen LogP contribution in [0.2, 0.25) is 0 Å². The first-order valence-electron chi connectivity index (χ1n) is 4.53. The van der Waals surface area contributed by atoms with Gasteiger partial charge in [-0.25, -0.2) is 0 Å².